The second-order valence-electron chi connectivity index (χ2n) is 4.94. The molecule has 0 saturated heterocycles. The van der Waals surface area contributed by atoms with Crippen LogP contribution >= 0.6 is 15.9 Å². The summed E-state index contributed by atoms with van der Waals surface area (Å²) >= 11 is 3.46. The van der Waals surface area contributed by atoms with E-state index in [0.29, 0.717) is 5.41 Å². The summed E-state index contributed by atoms with van der Waals surface area (Å²) < 4.78 is 1.15. The van der Waals surface area contributed by atoms with Crippen LogP contribution in [0, 0.1) is 5.41 Å². The molecule has 2 rings (SSSR count). The van der Waals surface area contributed by atoms with Gasteiger partial charge in [-0.05, 0) is 42.4 Å². The average Bonchev–Trinajstić information content (AvgIpc) is 2.25. The predicted octanol–water partition coefficient (Wildman–Crippen LogP) is 4.12. The maximum atomic E-state index is 3.60. The SMILES string of the molecule is CCC1(CNCc2ccc(Br)cc2)CCC1. The molecule has 1 saturated carbocycles. The van der Waals surface area contributed by atoms with Crippen molar-refractivity contribution in [2.45, 2.75) is 39.2 Å². The van der Waals surface area contributed by atoms with Crippen molar-refractivity contribution in [2.24, 2.45) is 5.41 Å². The molecule has 1 N–H and O–H groups in total. The average molecular weight is 282 g/mol. The van der Waals surface area contributed by atoms with Gasteiger partial charge in [0.1, 0.15) is 0 Å². The molecule has 0 radical (unpaired) electrons. The van der Waals surface area contributed by atoms with Crippen molar-refractivity contribution in [2.75, 3.05) is 6.54 Å². The lowest BCUT2D eigenvalue weighted by Crippen LogP contribution is -2.39. The van der Waals surface area contributed by atoms with Crippen LogP contribution in [0.15, 0.2) is 28.7 Å². The van der Waals surface area contributed by atoms with Gasteiger partial charge in [0.15, 0.2) is 0 Å². The van der Waals surface area contributed by atoms with Gasteiger partial charge in [-0.25, -0.2) is 0 Å². The summed E-state index contributed by atoms with van der Waals surface area (Å²) in [7, 11) is 0. The molecule has 88 valence electrons. The minimum atomic E-state index is 0.620. The molecule has 0 unspecified atom stereocenters. The zero-order valence-corrected chi connectivity index (χ0v) is 11.5. The maximum Gasteiger partial charge on any atom is 0.0205 e. The van der Waals surface area contributed by atoms with Crippen LogP contribution in [0.1, 0.15) is 38.2 Å². The van der Waals surface area contributed by atoms with E-state index in [0.717, 1.165) is 11.0 Å². The highest BCUT2D eigenvalue weighted by molar-refractivity contribution is 9.10. The molecule has 1 aromatic carbocycles. The van der Waals surface area contributed by atoms with Crippen molar-refractivity contribution >= 4 is 15.9 Å². The van der Waals surface area contributed by atoms with Crippen LogP contribution in [0.4, 0.5) is 0 Å². The van der Waals surface area contributed by atoms with Gasteiger partial charge in [0.2, 0.25) is 0 Å². The third kappa shape index (κ3) is 2.86. The van der Waals surface area contributed by atoms with E-state index in [1.165, 1.54) is 37.8 Å². The molecule has 0 atom stereocenters. The molecule has 0 aliphatic heterocycles. The molecule has 1 aliphatic rings. The van der Waals surface area contributed by atoms with E-state index in [-0.39, 0.29) is 0 Å². The van der Waals surface area contributed by atoms with Gasteiger partial charge in [0.05, 0.1) is 0 Å². The van der Waals surface area contributed by atoms with Crippen LogP contribution < -0.4 is 5.32 Å². The highest BCUT2D eigenvalue weighted by atomic mass is 79.9. The Morgan fingerprint density at radius 3 is 2.44 bits per heavy atom. The number of nitrogens with one attached hydrogen (secondary N) is 1. The maximum absolute atomic E-state index is 3.60. The van der Waals surface area contributed by atoms with E-state index in [1.54, 1.807) is 0 Å². The van der Waals surface area contributed by atoms with Crippen molar-refractivity contribution in [3.63, 3.8) is 0 Å². The predicted molar refractivity (Wildman–Crippen MR) is 72.4 cm³/mol. The molecule has 0 amide bonds. The number of hydrogen-bond donors (Lipinski definition) is 1. The number of halogens is 1. The summed E-state index contributed by atoms with van der Waals surface area (Å²) in [6.07, 6.45) is 5.57. The van der Waals surface area contributed by atoms with E-state index in [2.05, 4.69) is 52.4 Å². The molecule has 16 heavy (non-hydrogen) atoms. The zero-order valence-electron chi connectivity index (χ0n) is 9.93. The van der Waals surface area contributed by atoms with Gasteiger partial charge in [-0.15, -0.1) is 0 Å². The summed E-state index contributed by atoms with van der Waals surface area (Å²) in [4.78, 5) is 0. The molecule has 0 bridgehead atoms. The molecule has 1 aromatic rings. The van der Waals surface area contributed by atoms with E-state index in [4.69, 9.17) is 0 Å². The fourth-order valence-electron chi connectivity index (χ4n) is 2.41. The minimum Gasteiger partial charge on any atom is -0.312 e. The standard InChI is InChI=1S/C14H20BrN/c1-2-14(8-3-9-14)11-16-10-12-4-6-13(15)7-5-12/h4-7,16H,2-3,8-11H2,1H3. The van der Waals surface area contributed by atoms with Gasteiger partial charge in [-0.1, -0.05) is 41.4 Å². The number of rotatable bonds is 5. The summed E-state index contributed by atoms with van der Waals surface area (Å²) in [5.74, 6) is 0. The first-order chi connectivity index (χ1) is 7.74. The Morgan fingerprint density at radius 2 is 1.94 bits per heavy atom. The molecule has 1 nitrogen and oxygen atoms in total. The highest BCUT2D eigenvalue weighted by Crippen LogP contribution is 2.43. The molecule has 1 fully saturated rings. The first-order valence-electron chi connectivity index (χ1n) is 6.19. The quantitative estimate of drug-likeness (QED) is 0.856. The third-order valence-electron chi connectivity index (χ3n) is 3.91. The summed E-state index contributed by atoms with van der Waals surface area (Å²) in [5, 5.41) is 3.60. The lowest BCUT2D eigenvalue weighted by Gasteiger charge is -2.41. The Kier molecular flexibility index (Phi) is 4.04. The Balaban J connectivity index is 1.77. The van der Waals surface area contributed by atoms with E-state index >= 15 is 0 Å². The van der Waals surface area contributed by atoms with Crippen LogP contribution in [-0.2, 0) is 6.54 Å². The third-order valence-corrected chi connectivity index (χ3v) is 4.44. The Labute approximate surface area is 107 Å². The molecular formula is C14H20BrN. The van der Waals surface area contributed by atoms with E-state index in [9.17, 15) is 0 Å². The second kappa shape index (κ2) is 5.33. The van der Waals surface area contributed by atoms with Crippen molar-refractivity contribution in [1.29, 1.82) is 0 Å². The Bertz CT molecular complexity index is 322. The fraction of sp³-hybridized carbons (Fsp3) is 0.571. The Hall–Kier alpha value is -0.340. The first kappa shape index (κ1) is 12.1. The summed E-state index contributed by atoms with van der Waals surface area (Å²) in [6.45, 7) is 4.50. The van der Waals surface area contributed by atoms with Gasteiger partial charge in [-0.3, -0.25) is 0 Å². The van der Waals surface area contributed by atoms with Crippen LogP contribution in [-0.4, -0.2) is 6.54 Å². The number of benzene rings is 1. The highest BCUT2D eigenvalue weighted by Gasteiger charge is 2.34. The number of hydrogen-bond acceptors (Lipinski definition) is 1. The van der Waals surface area contributed by atoms with Gasteiger partial charge in [-0.2, -0.15) is 0 Å². The van der Waals surface area contributed by atoms with Crippen molar-refractivity contribution < 1.29 is 0 Å². The van der Waals surface area contributed by atoms with Gasteiger partial charge in [0, 0.05) is 17.6 Å². The van der Waals surface area contributed by atoms with Crippen LogP contribution in [0.3, 0.4) is 0 Å². The van der Waals surface area contributed by atoms with E-state index in [1.807, 2.05) is 0 Å². The van der Waals surface area contributed by atoms with Crippen LogP contribution in [0.2, 0.25) is 0 Å². The lowest BCUT2D eigenvalue weighted by molar-refractivity contribution is 0.124. The van der Waals surface area contributed by atoms with Crippen LogP contribution in [0.25, 0.3) is 0 Å². The molecular weight excluding hydrogens is 262 g/mol. The second-order valence-corrected chi connectivity index (χ2v) is 5.85. The van der Waals surface area contributed by atoms with E-state index < -0.39 is 0 Å². The lowest BCUT2D eigenvalue weighted by atomic mass is 9.67. The Morgan fingerprint density at radius 1 is 1.25 bits per heavy atom. The molecule has 0 heterocycles. The summed E-state index contributed by atoms with van der Waals surface area (Å²) in [5.41, 5.74) is 1.99. The molecule has 0 aromatic heterocycles. The first-order valence-corrected chi connectivity index (χ1v) is 6.99. The zero-order chi connectivity index (χ0) is 11.4. The van der Waals surface area contributed by atoms with Crippen LogP contribution in [0.5, 0.6) is 0 Å². The monoisotopic (exact) mass is 281 g/mol. The van der Waals surface area contributed by atoms with Crippen molar-refractivity contribution in [3.05, 3.63) is 34.3 Å². The summed E-state index contributed by atoms with van der Waals surface area (Å²) in [6, 6.07) is 8.57. The van der Waals surface area contributed by atoms with Crippen molar-refractivity contribution in [1.82, 2.24) is 5.32 Å². The van der Waals surface area contributed by atoms with Gasteiger partial charge >= 0.3 is 0 Å². The smallest absolute Gasteiger partial charge is 0.0205 e. The molecule has 0 spiro atoms. The normalized spacial score (nSPS) is 18.1. The van der Waals surface area contributed by atoms with Gasteiger partial charge < -0.3 is 5.32 Å². The van der Waals surface area contributed by atoms with Crippen molar-refractivity contribution in [3.8, 4) is 0 Å². The largest absolute Gasteiger partial charge is 0.312 e. The molecule has 2 heteroatoms. The topological polar surface area (TPSA) is 12.0 Å². The molecule has 1 aliphatic carbocycles. The van der Waals surface area contributed by atoms with Gasteiger partial charge in [0.25, 0.3) is 0 Å². The minimum absolute atomic E-state index is 0.620. The fourth-order valence-corrected chi connectivity index (χ4v) is 2.67.